The summed E-state index contributed by atoms with van der Waals surface area (Å²) in [4.78, 5) is 14.2. The number of hydrogen-bond donors (Lipinski definition) is 0. The van der Waals surface area contributed by atoms with Gasteiger partial charge in [-0.2, -0.15) is 0 Å². The summed E-state index contributed by atoms with van der Waals surface area (Å²) in [6.07, 6.45) is 3.73. The molecular weight excluding hydrogens is 240 g/mol. The zero-order chi connectivity index (χ0) is 14.1. The van der Waals surface area contributed by atoms with Gasteiger partial charge in [0, 0.05) is 24.8 Å². The van der Waals surface area contributed by atoms with E-state index in [-0.39, 0.29) is 5.69 Å². The van der Waals surface area contributed by atoms with Gasteiger partial charge in [0.1, 0.15) is 0 Å². The molecule has 0 spiro atoms. The second kappa shape index (κ2) is 8.04. The Morgan fingerprint density at radius 2 is 2.05 bits per heavy atom. The molecule has 0 saturated carbocycles. The van der Waals surface area contributed by atoms with Crippen LogP contribution in [0.25, 0.3) is 0 Å². The molecule has 1 rings (SSSR count). The Hall–Kier alpha value is -2.15. The highest BCUT2D eigenvalue weighted by Crippen LogP contribution is 2.10. The molecule has 0 N–H and O–H groups in total. The van der Waals surface area contributed by atoms with Crippen LogP contribution in [-0.4, -0.2) is 17.7 Å². The SMILES string of the molecule is CCC(C)CC#CCN=Cc1ccc([N+](=O)[O-])cc1. The molecule has 0 aromatic heterocycles. The molecule has 1 aromatic carbocycles. The third-order valence-electron chi connectivity index (χ3n) is 2.79. The van der Waals surface area contributed by atoms with Gasteiger partial charge in [0.15, 0.2) is 0 Å². The average Bonchev–Trinajstić information content (AvgIpc) is 2.42. The summed E-state index contributed by atoms with van der Waals surface area (Å²) < 4.78 is 0. The van der Waals surface area contributed by atoms with Crippen molar-refractivity contribution in [3.05, 3.63) is 39.9 Å². The lowest BCUT2D eigenvalue weighted by molar-refractivity contribution is -0.384. The lowest BCUT2D eigenvalue weighted by atomic mass is 10.1. The largest absolute Gasteiger partial charge is 0.280 e. The summed E-state index contributed by atoms with van der Waals surface area (Å²) in [7, 11) is 0. The lowest BCUT2D eigenvalue weighted by Crippen LogP contribution is -1.89. The van der Waals surface area contributed by atoms with Crippen molar-refractivity contribution >= 4 is 11.9 Å². The van der Waals surface area contributed by atoms with Crippen molar-refractivity contribution in [3.63, 3.8) is 0 Å². The topological polar surface area (TPSA) is 55.5 Å². The van der Waals surface area contributed by atoms with Gasteiger partial charge in [0.05, 0.1) is 11.5 Å². The molecule has 0 fully saturated rings. The minimum Gasteiger partial charge on any atom is -0.280 e. The number of hydrogen-bond acceptors (Lipinski definition) is 3. The summed E-state index contributed by atoms with van der Waals surface area (Å²) in [5, 5.41) is 10.5. The number of nitro groups is 1. The van der Waals surface area contributed by atoms with E-state index in [1.807, 2.05) is 0 Å². The molecule has 0 aliphatic carbocycles. The molecule has 1 unspecified atom stereocenters. The summed E-state index contributed by atoms with van der Waals surface area (Å²) in [6, 6.07) is 6.29. The predicted molar refractivity (Wildman–Crippen MR) is 77.4 cm³/mol. The van der Waals surface area contributed by atoms with Gasteiger partial charge >= 0.3 is 0 Å². The molecule has 1 atom stereocenters. The van der Waals surface area contributed by atoms with Crippen molar-refractivity contribution in [1.82, 2.24) is 0 Å². The van der Waals surface area contributed by atoms with Gasteiger partial charge in [-0.3, -0.25) is 15.1 Å². The van der Waals surface area contributed by atoms with E-state index in [2.05, 4.69) is 30.7 Å². The minimum atomic E-state index is -0.415. The molecule has 0 saturated heterocycles. The van der Waals surface area contributed by atoms with Crippen LogP contribution >= 0.6 is 0 Å². The molecule has 100 valence electrons. The van der Waals surface area contributed by atoms with Gasteiger partial charge in [0.2, 0.25) is 0 Å². The van der Waals surface area contributed by atoms with Crippen LogP contribution in [0.2, 0.25) is 0 Å². The highest BCUT2D eigenvalue weighted by atomic mass is 16.6. The van der Waals surface area contributed by atoms with Crippen LogP contribution in [0.15, 0.2) is 29.3 Å². The quantitative estimate of drug-likeness (QED) is 0.351. The first-order chi connectivity index (χ1) is 9.13. The Balaban J connectivity index is 2.42. The maximum absolute atomic E-state index is 10.5. The van der Waals surface area contributed by atoms with Crippen molar-refractivity contribution in [3.8, 4) is 11.8 Å². The number of benzene rings is 1. The van der Waals surface area contributed by atoms with E-state index in [1.54, 1.807) is 18.3 Å². The van der Waals surface area contributed by atoms with Gasteiger partial charge in [-0.15, -0.1) is 5.92 Å². The molecule has 0 aliphatic heterocycles. The predicted octanol–water partition coefficient (Wildman–Crippen LogP) is 3.45. The first-order valence-electron chi connectivity index (χ1n) is 6.33. The zero-order valence-electron chi connectivity index (χ0n) is 11.3. The van der Waals surface area contributed by atoms with Gasteiger partial charge in [-0.1, -0.05) is 26.2 Å². The first kappa shape index (κ1) is 14.9. The zero-order valence-corrected chi connectivity index (χ0v) is 11.3. The molecule has 0 bridgehead atoms. The average molecular weight is 258 g/mol. The molecule has 4 nitrogen and oxygen atoms in total. The number of nitro benzene ring substituents is 1. The summed E-state index contributed by atoms with van der Waals surface area (Å²) in [5.41, 5.74) is 0.930. The number of aliphatic imine (C=N–C) groups is 1. The molecule has 0 amide bonds. The minimum absolute atomic E-state index is 0.0884. The third kappa shape index (κ3) is 5.82. The molecule has 0 radical (unpaired) electrons. The van der Waals surface area contributed by atoms with Crippen molar-refractivity contribution in [2.45, 2.75) is 26.7 Å². The molecule has 1 aromatic rings. The molecule has 0 heterocycles. The van der Waals surface area contributed by atoms with E-state index in [9.17, 15) is 10.1 Å². The van der Waals surface area contributed by atoms with Crippen LogP contribution in [0, 0.1) is 27.9 Å². The summed E-state index contributed by atoms with van der Waals surface area (Å²) >= 11 is 0. The van der Waals surface area contributed by atoms with Crippen LogP contribution in [0.5, 0.6) is 0 Å². The third-order valence-corrected chi connectivity index (χ3v) is 2.79. The number of non-ortho nitro benzene ring substituents is 1. The van der Waals surface area contributed by atoms with Crippen LogP contribution < -0.4 is 0 Å². The standard InChI is InChI=1S/C15H18N2O2/c1-3-13(2)6-4-5-11-16-12-14-7-9-15(10-8-14)17(18)19/h7-10,12-13H,3,6,11H2,1-2H3. The number of rotatable bonds is 5. The number of nitrogens with zero attached hydrogens (tertiary/aromatic N) is 2. The van der Waals surface area contributed by atoms with E-state index < -0.39 is 4.92 Å². The van der Waals surface area contributed by atoms with Crippen molar-refractivity contribution < 1.29 is 4.92 Å². The monoisotopic (exact) mass is 258 g/mol. The van der Waals surface area contributed by atoms with E-state index in [4.69, 9.17) is 0 Å². The highest BCUT2D eigenvalue weighted by Gasteiger charge is 2.01. The van der Waals surface area contributed by atoms with E-state index in [0.717, 1.165) is 18.4 Å². The van der Waals surface area contributed by atoms with Crippen molar-refractivity contribution in [1.29, 1.82) is 0 Å². The molecule has 19 heavy (non-hydrogen) atoms. The Labute approximate surface area is 113 Å². The first-order valence-corrected chi connectivity index (χ1v) is 6.33. The van der Waals surface area contributed by atoms with Crippen LogP contribution in [0.3, 0.4) is 0 Å². The van der Waals surface area contributed by atoms with Crippen molar-refractivity contribution in [2.24, 2.45) is 10.9 Å². The molecule has 4 heteroatoms. The van der Waals surface area contributed by atoms with Gasteiger partial charge in [-0.05, 0) is 23.6 Å². The Morgan fingerprint density at radius 1 is 1.37 bits per heavy atom. The van der Waals surface area contributed by atoms with Gasteiger partial charge in [-0.25, -0.2) is 0 Å². The fraction of sp³-hybridized carbons (Fsp3) is 0.400. The van der Waals surface area contributed by atoms with Crippen molar-refractivity contribution in [2.75, 3.05) is 6.54 Å². The maximum atomic E-state index is 10.5. The van der Waals surface area contributed by atoms with E-state index in [1.165, 1.54) is 12.1 Å². The smallest absolute Gasteiger partial charge is 0.269 e. The fourth-order valence-corrected chi connectivity index (χ4v) is 1.33. The Morgan fingerprint density at radius 3 is 2.63 bits per heavy atom. The van der Waals surface area contributed by atoms with Crippen LogP contribution in [-0.2, 0) is 0 Å². The van der Waals surface area contributed by atoms with E-state index >= 15 is 0 Å². The lowest BCUT2D eigenvalue weighted by Gasteiger charge is -1.99. The molecule has 0 aliphatic rings. The fourth-order valence-electron chi connectivity index (χ4n) is 1.33. The Bertz CT molecular complexity index is 495. The van der Waals surface area contributed by atoms with Crippen LogP contribution in [0.1, 0.15) is 32.3 Å². The van der Waals surface area contributed by atoms with Crippen LogP contribution in [0.4, 0.5) is 5.69 Å². The summed E-state index contributed by atoms with van der Waals surface area (Å²) in [5.74, 6) is 6.72. The maximum Gasteiger partial charge on any atom is 0.269 e. The van der Waals surface area contributed by atoms with Gasteiger partial charge < -0.3 is 0 Å². The van der Waals surface area contributed by atoms with Gasteiger partial charge in [0.25, 0.3) is 5.69 Å². The molecular formula is C15H18N2O2. The normalized spacial score (nSPS) is 11.9. The Kier molecular flexibility index (Phi) is 6.31. The highest BCUT2D eigenvalue weighted by molar-refractivity contribution is 5.80. The second-order valence-electron chi connectivity index (χ2n) is 4.39. The second-order valence-corrected chi connectivity index (χ2v) is 4.39. The van der Waals surface area contributed by atoms with E-state index in [0.29, 0.717) is 12.5 Å². The summed E-state index contributed by atoms with van der Waals surface area (Å²) in [6.45, 7) is 4.79.